The molecule has 0 saturated carbocycles. The van der Waals surface area contributed by atoms with Gasteiger partial charge in [0.15, 0.2) is 5.78 Å². The van der Waals surface area contributed by atoms with E-state index < -0.39 is 0 Å². The number of ketones is 1. The van der Waals surface area contributed by atoms with Crippen LogP contribution in [0.5, 0.6) is 0 Å². The van der Waals surface area contributed by atoms with Crippen LogP contribution in [0, 0.1) is 0 Å². The Morgan fingerprint density at radius 3 is 2.28 bits per heavy atom. The molecule has 3 aromatic rings. The summed E-state index contributed by atoms with van der Waals surface area (Å²) in [6.45, 7) is 6.33. The fourth-order valence-electron chi connectivity index (χ4n) is 2.87. The van der Waals surface area contributed by atoms with E-state index in [0.29, 0.717) is 29.3 Å². The van der Waals surface area contributed by atoms with Crippen molar-refractivity contribution >= 4 is 23.3 Å². The fourth-order valence-corrected chi connectivity index (χ4v) is 2.87. The summed E-state index contributed by atoms with van der Waals surface area (Å²) in [5, 5.41) is 2.78. The molecule has 0 aliphatic rings. The Balaban J connectivity index is 1.73. The smallest absolute Gasteiger partial charge is 0.258 e. The summed E-state index contributed by atoms with van der Waals surface area (Å²) in [5.41, 5.74) is 2.62. The molecule has 148 valence electrons. The molecule has 0 aliphatic carbocycles. The number of anilines is 2. The molecule has 0 fully saturated rings. The Labute approximate surface area is 170 Å². The van der Waals surface area contributed by atoms with Gasteiger partial charge in [-0.1, -0.05) is 42.5 Å². The van der Waals surface area contributed by atoms with Gasteiger partial charge in [-0.2, -0.15) is 0 Å². The summed E-state index contributed by atoms with van der Waals surface area (Å²) < 4.78 is 0. The Morgan fingerprint density at radius 1 is 0.966 bits per heavy atom. The number of Topliss-reactive ketones (excluding diaryl/α,β-unsaturated/α-hetero) is 1. The molecule has 29 heavy (non-hydrogen) atoms. The topological polar surface area (TPSA) is 75.2 Å². The van der Waals surface area contributed by atoms with Crippen molar-refractivity contribution in [1.29, 1.82) is 0 Å². The van der Waals surface area contributed by atoms with Gasteiger partial charge in [0.05, 0.1) is 5.56 Å². The molecule has 1 N–H and O–H groups in total. The molecular formula is C23H24N4O2. The van der Waals surface area contributed by atoms with Crippen LogP contribution in [0.25, 0.3) is 0 Å². The van der Waals surface area contributed by atoms with E-state index in [9.17, 15) is 9.59 Å². The zero-order valence-electron chi connectivity index (χ0n) is 16.8. The van der Waals surface area contributed by atoms with Crippen LogP contribution in [0.2, 0.25) is 0 Å². The van der Waals surface area contributed by atoms with E-state index in [1.165, 1.54) is 19.3 Å². The minimum absolute atomic E-state index is 0.0546. The van der Waals surface area contributed by atoms with Crippen molar-refractivity contribution < 1.29 is 9.59 Å². The summed E-state index contributed by atoms with van der Waals surface area (Å²) >= 11 is 0. The molecule has 0 radical (unpaired) electrons. The summed E-state index contributed by atoms with van der Waals surface area (Å²) in [6, 6.07) is 17.1. The normalized spacial score (nSPS) is 10.6. The number of amides is 1. The van der Waals surface area contributed by atoms with Gasteiger partial charge in [0, 0.05) is 36.2 Å². The van der Waals surface area contributed by atoms with E-state index >= 15 is 0 Å². The van der Waals surface area contributed by atoms with Crippen molar-refractivity contribution in [2.45, 2.75) is 33.4 Å². The first-order valence-corrected chi connectivity index (χ1v) is 9.49. The largest absolute Gasteiger partial charge is 0.334 e. The van der Waals surface area contributed by atoms with Crippen molar-refractivity contribution in [1.82, 2.24) is 9.97 Å². The van der Waals surface area contributed by atoms with Crippen LogP contribution in [-0.2, 0) is 6.54 Å². The average Bonchev–Trinajstić information content (AvgIpc) is 2.73. The highest BCUT2D eigenvalue weighted by atomic mass is 16.1. The zero-order valence-corrected chi connectivity index (χ0v) is 16.8. The van der Waals surface area contributed by atoms with Gasteiger partial charge in [-0.25, -0.2) is 9.97 Å². The molecule has 3 rings (SSSR count). The van der Waals surface area contributed by atoms with Crippen LogP contribution in [0.15, 0.2) is 67.0 Å². The van der Waals surface area contributed by atoms with Crippen molar-refractivity contribution in [2.24, 2.45) is 0 Å². The van der Waals surface area contributed by atoms with Crippen LogP contribution in [0.3, 0.4) is 0 Å². The maximum Gasteiger partial charge on any atom is 0.258 e. The lowest BCUT2D eigenvalue weighted by molar-refractivity contribution is 0.101. The number of nitrogens with zero attached hydrogens (tertiary/aromatic N) is 3. The van der Waals surface area contributed by atoms with Crippen LogP contribution in [0.1, 0.15) is 47.1 Å². The molecule has 0 aliphatic heterocycles. The van der Waals surface area contributed by atoms with Gasteiger partial charge in [-0.3, -0.25) is 9.59 Å². The first-order chi connectivity index (χ1) is 13.9. The molecule has 1 heterocycles. The predicted octanol–water partition coefficient (Wildman–Crippen LogP) is 4.35. The molecule has 1 aromatic heterocycles. The molecule has 6 heteroatoms. The molecule has 6 nitrogen and oxygen atoms in total. The van der Waals surface area contributed by atoms with E-state index in [1.807, 2.05) is 18.2 Å². The molecule has 2 aromatic carbocycles. The molecule has 0 atom stereocenters. The Morgan fingerprint density at radius 2 is 1.66 bits per heavy atom. The summed E-state index contributed by atoms with van der Waals surface area (Å²) in [6.07, 6.45) is 3.04. The second kappa shape index (κ2) is 9.10. The fraction of sp³-hybridized carbons (Fsp3) is 0.217. The van der Waals surface area contributed by atoms with Gasteiger partial charge in [-0.05, 0) is 38.5 Å². The third kappa shape index (κ3) is 5.25. The number of benzene rings is 2. The summed E-state index contributed by atoms with van der Waals surface area (Å²) in [4.78, 5) is 34.9. The van der Waals surface area contributed by atoms with Crippen molar-refractivity contribution in [2.75, 3.05) is 10.2 Å². The first-order valence-electron chi connectivity index (χ1n) is 9.49. The lowest BCUT2D eigenvalue weighted by atomic mass is 10.1. The van der Waals surface area contributed by atoms with Gasteiger partial charge < -0.3 is 10.2 Å². The standard InChI is InChI=1S/C23H24N4O2/c1-16(2)27(15-18-8-5-4-6-9-18)23-24-13-20(14-25-23)22(29)26-21-11-7-10-19(12-21)17(3)28/h4-14,16H,15H2,1-3H3,(H,26,29). The monoisotopic (exact) mass is 388 g/mol. The number of carbonyl (C=O) groups is 2. The highest BCUT2D eigenvalue weighted by Crippen LogP contribution is 2.17. The molecule has 0 unspecified atom stereocenters. The number of hydrogen-bond acceptors (Lipinski definition) is 5. The van der Waals surface area contributed by atoms with Crippen LogP contribution < -0.4 is 10.2 Å². The second-order valence-electron chi connectivity index (χ2n) is 7.07. The average molecular weight is 388 g/mol. The Kier molecular flexibility index (Phi) is 6.34. The van der Waals surface area contributed by atoms with Crippen LogP contribution in [0.4, 0.5) is 11.6 Å². The molecule has 1 amide bonds. The van der Waals surface area contributed by atoms with Crippen molar-refractivity contribution in [3.8, 4) is 0 Å². The second-order valence-corrected chi connectivity index (χ2v) is 7.07. The molecule has 0 spiro atoms. The molecular weight excluding hydrogens is 364 g/mol. The van der Waals surface area contributed by atoms with E-state index in [0.717, 1.165) is 5.56 Å². The Bertz CT molecular complexity index is 985. The number of hydrogen-bond donors (Lipinski definition) is 1. The quantitative estimate of drug-likeness (QED) is 0.609. The third-order valence-electron chi connectivity index (χ3n) is 4.50. The minimum atomic E-state index is -0.323. The van der Waals surface area contributed by atoms with Gasteiger partial charge in [0.25, 0.3) is 5.91 Å². The maximum atomic E-state index is 12.5. The zero-order chi connectivity index (χ0) is 20.8. The van der Waals surface area contributed by atoms with E-state index in [-0.39, 0.29) is 17.7 Å². The number of aromatic nitrogens is 2. The van der Waals surface area contributed by atoms with Crippen molar-refractivity contribution in [3.05, 3.63) is 83.7 Å². The SMILES string of the molecule is CC(=O)c1cccc(NC(=O)c2cnc(N(Cc3ccccc3)C(C)C)nc2)c1. The minimum Gasteiger partial charge on any atom is -0.334 e. The summed E-state index contributed by atoms with van der Waals surface area (Å²) in [5.74, 6) is 0.191. The number of nitrogens with one attached hydrogen (secondary N) is 1. The highest BCUT2D eigenvalue weighted by molar-refractivity contribution is 6.04. The van der Waals surface area contributed by atoms with Gasteiger partial charge in [-0.15, -0.1) is 0 Å². The number of carbonyl (C=O) groups excluding carboxylic acids is 2. The molecule has 0 bridgehead atoms. The van der Waals surface area contributed by atoms with Crippen molar-refractivity contribution in [3.63, 3.8) is 0 Å². The predicted molar refractivity (Wildman–Crippen MR) is 114 cm³/mol. The molecule has 0 saturated heterocycles. The van der Waals surface area contributed by atoms with Crippen LogP contribution in [-0.4, -0.2) is 27.7 Å². The highest BCUT2D eigenvalue weighted by Gasteiger charge is 2.15. The van der Waals surface area contributed by atoms with Gasteiger partial charge in [0.1, 0.15) is 0 Å². The van der Waals surface area contributed by atoms with Gasteiger partial charge >= 0.3 is 0 Å². The number of rotatable bonds is 7. The van der Waals surface area contributed by atoms with Crippen LogP contribution >= 0.6 is 0 Å². The van der Waals surface area contributed by atoms with E-state index in [2.05, 4.69) is 46.2 Å². The maximum absolute atomic E-state index is 12.5. The van der Waals surface area contributed by atoms with E-state index in [4.69, 9.17) is 0 Å². The summed E-state index contributed by atoms with van der Waals surface area (Å²) in [7, 11) is 0. The third-order valence-corrected chi connectivity index (χ3v) is 4.50. The van der Waals surface area contributed by atoms with Gasteiger partial charge in [0.2, 0.25) is 5.95 Å². The first kappa shape index (κ1) is 20.2. The Hall–Kier alpha value is -3.54. The van der Waals surface area contributed by atoms with E-state index in [1.54, 1.807) is 24.3 Å². The lowest BCUT2D eigenvalue weighted by Crippen LogP contribution is -2.31. The lowest BCUT2D eigenvalue weighted by Gasteiger charge is -2.26.